The molecule has 13 heavy (non-hydrogen) atoms. The summed E-state index contributed by atoms with van der Waals surface area (Å²) < 4.78 is 13.4. The SMILES string of the molecule is C/C(=C\c1ccc(Br)c(F)c1)CO. The third-order valence-corrected chi connectivity index (χ3v) is 2.25. The molecule has 1 aromatic carbocycles. The lowest BCUT2D eigenvalue weighted by Crippen LogP contribution is -1.85. The van der Waals surface area contributed by atoms with Crippen LogP contribution in [0.5, 0.6) is 0 Å². The zero-order valence-corrected chi connectivity index (χ0v) is 8.81. The standard InChI is InChI=1S/C10H10BrFO/c1-7(6-13)4-8-2-3-9(11)10(12)5-8/h2-5,13H,6H2,1H3/b7-4+. The summed E-state index contributed by atoms with van der Waals surface area (Å²) >= 11 is 3.07. The van der Waals surface area contributed by atoms with Crippen molar-refractivity contribution in [2.75, 3.05) is 6.61 Å². The fraction of sp³-hybridized carbons (Fsp3) is 0.200. The van der Waals surface area contributed by atoms with Crippen molar-refractivity contribution in [2.24, 2.45) is 0 Å². The van der Waals surface area contributed by atoms with Crippen LogP contribution in [-0.2, 0) is 0 Å². The molecule has 0 aliphatic carbocycles. The van der Waals surface area contributed by atoms with Crippen molar-refractivity contribution in [1.82, 2.24) is 0 Å². The number of hydrogen-bond acceptors (Lipinski definition) is 1. The summed E-state index contributed by atoms with van der Waals surface area (Å²) in [4.78, 5) is 0. The fourth-order valence-corrected chi connectivity index (χ4v) is 1.18. The van der Waals surface area contributed by atoms with Crippen LogP contribution in [0.25, 0.3) is 6.08 Å². The van der Waals surface area contributed by atoms with E-state index in [-0.39, 0.29) is 12.4 Å². The van der Waals surface area contributed by atoms with Crippen molar-refractivity contribution in [3.8, 4) is 0 Å². The summed E-state index contributed by atoms with van der Waals surface area (Å²) in [7, 11) is 0. The van der Waals surface area contributed by atoms with E-state index in [9.17, 15) is 4.39 Å². The molecule has 0 radical (unpaired) electrons. The maximum atomic E-state index is 13.0. The molecule has 0 heterocycles. The Kier molecular flexibility index (Phi) is 3.63. The van der Waals surface area contributed by atoms with Crippen molar-refractivity contribution < 1.29 is 9.50 Å². The maximum absolute atomic E-state index is 13.0. The molecule has 0 aliphatic rings. The van der Waals surface area contributed by atoms with Gasteiger partial charge in [0.25, 0.3) is 0 Å². The topological polar surface area (TPSA) is 20.2 Å². The quantitative estimate of drug-likeness (QED) is 0.849. The molecule has 70 valence electrons. The van der Waals surface area contributed by atoms with E-state index in [1.165, 1.54) is 6.07 Å². The van der Waals surface area contributed by atoms with Crippen LogP contribution < -0.4 is 0 Å². The third-order valence-electron chi connectivity index (χ3n) is 1.61. The van der Waals surface area contributed by atoms with Gasteiger partial charge in [-0.25, -0.2) is 4.39 Å². The molecule has 1 nitrogen and oxygen atoms in total. The number of halogens is 2. The van der Waals surface area contributed by atoms with Crippen LogP contribution in [0.4, 0.5) is 4.39 Å². The molecule has 0 aromatic heterocycles. The first-order valence-electron chi connectivity index (χ1n) is 3.86. The van der Waals surface area contributed by atoms with Gasteiger partial charge in [-0.2, -0.15) is 0 Å². The zero-order chi connectivity index (χ0) is 9.84. The van der Waals surface area contributed by atoms with Crippen LogP contribution in [0.3, 0.4) is 0 Å². The minimum absolute atomic E-state index is 0.00230. The van der Waals surface area contributed by atoms with Crippen LogP contribution in [0, 0.1) is 5.82 Å². The molecule has 0 unspecified atom stereocenters. The lowest BCUT2D eigenvalue weighted by atomic mass is 10.1. The smallest absolute Gasteiger partial charge is 0.137 e. The monoisotopic (exact) mass is 244 g/mol. The minimum atomic E-state index is -0.292. The Hall–Kier alpha value is -0.670. The third kappa shape index (κ3) is 2.94. The van der Waals surface area contributed by atoms with Gasteiger partial charge < -0.3 is 5.11 Å². The first-order chi connectivity index (χ1) is 6.13. The van der Waals surface area contributed by atoms with Crippen LogP contribution >= 0.6 is 15.9 Å². The Morgan fingerprint density at radius 2 is 2.31 bits per heavy atom. The molecule has 3 heteroatoms. The summed E-state index contributed by atoms with van der Waals surface area (Å²) in [6.45, 7) is 1.79. The van der Waals surface area contributed by atoms with Gasteiger partial charge in [0.05, 0.1) is 11.1 Å². The molecule has 0 atom stereocenters. The Balaban J connectivity index is 2.98. The number of benzene rings is 1. The van der Waals surface area contributed by atoms with Crippen LogP contribution in [-0.4, -0.2) is 11.7 Å². The first kappa shape index (κ1) is 10.4. The summed E-state index contributed by atoms with van der Waals surface area (Å²) in [6, 6.07) is 4.85. The van der Waals surface area contributed by atoms with Crippen LogP contribution in [0.2, 0.25) is 0 Å². The van der Waals surface area contributed by atoms with Crippen molar-refractivity contribution in [1.29, 1.82) is 0 Å². The highest BCUT2D eigenvalue weighted by molar-refractivity contribution is 9.10. The van der Waals surface area contributed by atoms with Gasteiger partial charge in [0.15, 0.2) is 0 Å². The fourth-order valence-electron chi connectivity index (χ4n) is 0.932. The van der Waals surface area contributed by atoms with E-state index in [2.05, 4.69) is 15.9 Å². The summed E-state index contributed by atoms with van der Waals surface area (Å²) in [5.74, 6) is -0.292. The van der Waals surface area contributed by atoms with E-state index >= 15 is 0 Å². The number of aliphatic hydroxyl groups excluding tert-OH is 1. The summed E-state index contributed by atoms with van der Waals surface area (Å²) in [6.07, 6.45) is 1.75. The molecule has 0 saturated carbocycles. The first-order valence-corrected chi connectivity index (χ1v) is 4.66. The molecular formula is C10H10BrFO. The van der Waals surface area contributed by atoms with Gasteiger partial charge in [-0.3, -0.25) is 0 Å². The van der Waals surface area contributed by atoms with Gasteiger partial charge in [-0.1, -0.05) is 12.1 Å². The van der Waals surface area contributed by atoms with E-state index in [0.29, 0.717) is 4.47 Å². The zero-order valence-electron chi connectivity index (χ0n) is 7.22. The molecular weight excluding hydrogens is 235 g/mol. The van der Waals surface area contributed by atoms with Crippen molar-refractivity contribution in [3.63, 3.8) is 0 Å². The molecule has 0 amide bonds. The van der Waals surface area contributed by atoms with Gasteiger partial charge in [-0.05, 0) is 46.1 Å². The van der Waals surface area contributed by atoms with Gasteiger partial charge in [0.2, 0.25) is 0 Å². The molecule has 0 aliphatic heterocycles. The second-order valence-electron chi connectivity index (χ2n) is 2.82. The number of hydrogen-bond donors (Lipinski definition) is 1. The number of rotatable bonds is 2. The Labute approximate surface area is 85.0 Å². The van der Waals surface area contributed by atoms with E-state index in [1.54, 1.807) is 25.1 Å². The molecule has 1 rings (SSSR count). The van der Waals surface area contributed by atoms with Gasteiger partial charge in [-0.15, -0.1) is 0 Å². The molecule has 1 N–H and O–H groups in total. The highest BCUT2D eigenvalue weighted by Gasteiger charge is 1.98. The summed E-state index contributed by atoms with van der Waals surface area (Å²) in [5.41, 5.74) is 1.56. The lowest BCUT2D eigenvalue weighted by Gasteiger charge is -1.98. The van der Waals surface area contributed by atoms with Gasteiger partial charge in [0, 0.05) is 0 Å². The molecule has 0 spiro atoms. The Morgan fingerprint density at radius 3 is 2.85 bits per heavy atom. The second-order valence-corrected chi connectivity index (χ2v) is 3.68. The van der Waals surface area contributed by atoms with Crippen molar-refractivity contribution in [3.05, 3.63) is 39.6 Å². The number of aliphatic hydroxyl groups is 1. The average Bonchev–Trinajstić information content (AvgIpc) is 2.11. The van der Waals surface area contributed by atoms with E-state index in [1.807, 2.05) is 0 Å². The Morgan fingerprint density at radius 1 is 1.62 bits per heavy atom. The molecule has 0 bridgehead atoms. The minimum Gasteiger partial charge on any atom is -0.392 e. The van der Waals surface area contributed by atoms with Gasteiger partial charge >= 0.3 is 0 Å². The van der Waals surface area contributed by atoms with Crippen LogP contribution in [0.1, 0.15) is 12.5 Å². The maximum Gasteiger partial charge on any atom is 0.137 e. The van der Waals surface area contributed by atoms with E-state index in [0.717, 1.165) is 11.1 Å². The molecule has 0 saturated heterocycles. The largest absolute Gasteiger partial charge is 0.392 e. The van der Waals surface area contributed by atoms with Crippen molar-refractivity contribution in [2.45, 2.75) is 6.92 Å². The highest BCUT2D eigenvalue weighted by Crippen LogP contribution is 2.17. The lowest BCUT2D eigenvalue weighted by molar-refractivity contribution is 0.332. The van der Waals surface area contributed by atoms with Crippen LogP contribution in [0.15, 0.2) is 28.2 Å². The molecule has 1 aromatic rings. The second kappa shape index (κ2) is 4.53. The normalized spacial score (nSPS) is 11.8. The summed E-state index contributed by atoms with van der Waals surface area (Å²) in [5, 5.41) is 8.75. The van der Waals surface area contributed by atoms with E-state index in [4.69, 9.17) is 5.11 Å². The predicted octanol–water partition coefficient (Wildman–Crippen LogP) is 2.98. The predicted molar refractivity (Wildman–Crippen MR) is 54.8 cm³/mol. The van der Waals surface area contributed by atoms with E-state index < -0.39 is 0 Å². The van der Waals surface area contributed by atoms with Gasteiger partial charge in [0.1, 0.15) is 5.82 Å². The van der Waals surface area contributed by atoms with Crippen molar-refractivity contribution >= 4 is 22.0 Å². The molecule has 0 fully saturated rings. The highest BCUT2D eigenvalue weighted by atomic mass is 79.9. The Bertz CT molecular complexity index is 334. The average molecular weight is 245 g/mol.